The van der Waals surface area contributed by atoms with E-state index in [1.807, 2.05) is 36.4 Å². The number of nitrogens with zero attached hydrogens (tertiary/aromatic N) is 2. The topological polar surface area (TPSA) is 55.6 Å². The Bertz CT molecular complexity index is 3110. The molecular formula is C45H26N2O3. The molecule has 0 fully saturated rings. The van der Waals surface area contributed by atoms with E-state index in [9.17, 15) is 0 Å². The van der Waals surface area contributed by atoms with Gasteiger partial charge in [-0.15, -0.1) is 0 Å². The van der Waals surface area contributed by atoms with E-state index in [2.05, 4.69) is 126 Å². The minimum absolute atomic E-state index is 0.573. The fraction of sp³-hybridized carbons (Fsp3) is 0. The third-order valence-corrected chi connectivity index (χ3v) is 9.85. The summed E-state index contributed by atoms with van der Waals surface area (Å²) >= 11 is 0. The average molecular weight is 643 g/mol. The Labute approximate surface area is 285 Å². The Hall–Kier alpha value is -6.85. The fourth-order valence-electron chi connectivity index (χ4n) is 7.56. The second-order valence-corrected chi connectivity index (χ2v) is 12.7. The van der Waals surface area contributed by atoms with Crippen molar-refractivity contribution < 1.29 is 13.3 Å². The summed E-state index contributed by atoms with van der Waals surface area (Å²) < 4.78 is 19.7. The van der Waals surface area contributed by atoms with Gasteiger partial charge in [0.1, 0.15) is 22.3 Å². The second kappa shape index (κ2) is 10.3. The zero-order valence-corrected chi connectivity index (χ0v) is 26.6. The standard InChI is InChI=1S/C45H26N2O3/c1-2-13-30(14-3-1)47(37-18-8-16-33-36-24-28-11-4-5-12-29(28)25-40(36)49-44(33)37)31-21-22-34-41(26-31)48-38-19-9-17-35(42(34)38)45-46-43-32-15-7-6-10-27(32)20-23-39(43)50-45/h1-26H. The molecular weight excluding hydrogens is 617 g/mol. The van der Waals surface area contributed by atoms with Crippen LogP contribution in [-0.4, -0.2) is 4.98 Å². The maximum atomic E-state index is 6.69. The third-order valence-electron chi connectivity index (χ3n) is 9.85. The van der Waals surface area contributed by atoms with Gasteiger partial charge in [-0.3, -0.25) is 0 Å². The molecule has 5 heteroatoms. The molecule has 11 aromatic rings. The minimum Gasteiger partial charge on any atom is -0.456 e. The maximum absolute atomic E-state index is 6.69. The van der Waals surface area contributed by atoms with Crippen LogP contribution in [0.4, 0.5) is 17.1 Å². The van der Waals surface area contributed by atoms with Crippen molar-refractivity contribution in [2.75, 3.05) is 4.90 Å². The van der Waals surface area contributed by atoms with Crippen LogP contribution in [0, 0.1) is 0 Å². The number of hydrogen-bond donors (Lipinski definition) is 0. The van der Waals surface area contributed by atoms with Crippen molar-refractivity contribution in [3.8, 4) is 11.5 Å². The van der Waals surface area contributed by atoms with Gasteiger partial charge in [0.15, 0.2) is 11.2 Å². The number of aromatic nitrogens is 1. The largest absolute Gasteiger partial charge is 0.456 e. The fourth-order valence-corrected chi connectivity index (χ4v) is 7.56. The Morgan fingerprint density at radius 1 is 0.420 bits per heavy atom. The maximum Gasteiger partial charge on any atom is 0.228 e. The van der Waals surface area contributed by atoms with Gasteiger partial charge in [0.05, 0.1) is 11.4 Å². The zero-order valence-electron chi connectivity index (χ0n) is 26.6. The summed E-state index contributed by atoms with van der Waals surface area (Å²) in [4.78, 5) is 7.25. The highest BCUT2D eigenvalue weighted by Gasteiger charge is 2.22. The minimum atomic E-state index is 0.573. The van der Waals surface area contributed by atoms with E-state index >= 15 is 0 Å². The number of furan rings is 2. The highest BCUT2D eigenvalue weighted by molar-refractivity contribution is 6.15. The van der Waals surface area contributed by atoms with Crippen molar-refractivity contribution in [3.63, 3.8) is 0 Å². The van der Waals surface area contributed by atoms with Gasteiger partial charge >= 0.3 is 0 Å². The highest BCUT2D eigenvalue weighted by Crippen LogP contribution is 2.45. The number of anilines is 3. The summed E-state index contributed by atoms with van der Waals surface area (Å²) in [6.45, 7) is 0. The molecule has 234 valence electrons. The lowest BCUT2D eigenvalue weighted by atomic mass is 10.0. The normalized spacial score (nSPS) is 12.0. The van der Waals surface area contributed by atoms with Crippen LogP contribution in [0.5, 0.6) is 0 Å². The van der Waals surface area contributed by atoms with Crippen molar-refractivity contribution in [2.24, 2.45) is 0 Å². The van der Waals surface area contributed by atoms with Crippen LogP contribution >= 0.6 is 0 Å². The van der Waals surface area contributed by atoms with E-state index in [1.165, 1.54) is 5.39 Å². The van der Waals surface area contributed by atoms with E-state index in [0.29, 0.717) is 5.89 Å². The quantitative estimate of drug-likeness (QED) is 0.191. The molecule has 0 amide bonds. The number of rotatable bonds is 4. The number of hydrogen-bond acceptors (Lipinski definition) is 5. The molecule has 0 radical (unpaired) electrons. The lowest BCUT2D eigenvalue weighted by Gasteiger charge is -2.25. The van der Waals surface area contributed by atoms with Crippen LogP contribution in [0.15, 0.2) is 171 Å². The van der Waals surface area contributed by atoms with Crippen LogP contribution < -0.4 is 4.90 Å². The summed E-state index contributed by atoms with van der Waals surface area (Å²) in [5.41, 5.74) is 8.68. The van der Waals surface area contributed by atoms with Crippen molar-refractivity contribution in [2.45, 2.75) is 0 Å². The molecule has 0 aliphatic carbocycles. The van der Waals surface area contributed by atoms with Crippen LogP contribution in [0.1, 0.15) is 0 Å². The van der Waals surface area contributed by atoms with E-state index in [0.717, 1.165) is 93.8 Å². The second-order valence-electron chi connectivity index (χ2n) is 12.7. The number of para-hydroxylation sites is 2. The van der Waals surface area contributed by atoms with Crippen molar-refractivity contribution in [1.29, 1.82) is 0 Å². The van der Waals surface area contributed by atoms with Crippen LogP contribution in [0.2, 0.25) is 0 Å². The first-order valence-electron chi connectivity index (χ1n) is 16.7. The molecule has 0 saturated heterocycles. The van der Waals surface area contributed by atoms with Crippen molar-refractivity contribution in [1.82, 2.24) is 4.98 Å². The van der Waals surface area contributed by atoms with Gasteiger partial charge in [-0.1, -0.05) is 91.0 Å². The Morgan fingerprint density at radius 3 is 2.08 bits per heavy atom. The SMILES string of the molecule is c1ccc(N(c2ccc3c(c2)oc2cccc(-c4nc5c(ccc6ccccc65)o4)c23)c2cccc3c2oc2cc4ccccc4cc23)cc1. The van der Waals surface area contributed by atoms with Gasteiger partial charge in [-0.05, 0) is 76.8 Å². The molecule has 0 saturated carbocycles. The third kappa shape index (κ3) is 3.98. The molecule has 8 aromatic carbocycles. The predicted molar refractivity (Wildman–Crippen MR) is 204 cm³/mol. The zero-order chi connectivity index (χ0) is 32.8. The average Bonchev–Trinajstić information content (AvgIpc) is 3.88. The summed E-state index contributed by atoms with van der Waals surface area (Å²) in [5, 5.41) is 8.69. The molecule has 3 heterocycles. The Kier molecular flexibility index (Phi) is 5.60. The first-order valence-corrected chi connectivity index (χ1v) is 16.7. The highest BCUT2D eigenvalue weighted by atomic mass is 16.4. The molecule has 0 N–H and O–H groups in total. The monoisotopic (exact) mass is 642 g/mol. The molecule has 0 unspecified atom stereocenters. The van der Waals surface area contributed by atoms with E-state index < -0.39 is 0 Å². The van der Waals surface area contributed by atoms with E-state index in [1.54, 1.807) is 0 Å². The molecule has 3 aromatic heterocycles. The molecule has 0 bridgehead atoms. The molecule has 0 aliphatic heterocycles. The number of fused-ring (bicyclic) bond motifs is 10. The van der Waals surface area contributed by atoms with E-state index in [-0.39, 0.29) is 0 Å². The van der Waals surface area contributed by atoms with Crippen LogP contribution in [0.25, 0.3) is 88.0 Å². The number of benzene rings is 8. The van der Waals surface area contributed by atoms with Gasteiger partial charge in [0.25, 0.3) is 0 Å². The van der Waals surface area contributed by atoms with Crippen molar-refractivity contribution in [3.05, 3.63) is 158 Å². The molecule has 0 aliphatic rings. The molecule has 5 nitrogen and oxygen atoms in total. The van der Waals surface area contributed by atoms with Gasteiger partial charge in [0, 0.05) is 44.2 Å². The molecule has 11 rings (SSSR count). The summed E-state index contributed by atoms with van der Waals surface area (Å²) in [7, 11) is 0. The Balaban J connectivity index is 1.10. The lowest BCUT2D eigenvalue weighted by molar-refractivity contribution is 0.620. The van der Waals surface area contributed by atoms with Gasteiger partial charge < -0.3 is 18.2 Å². The van der Waals surface area contributed by atoms with Gasteiger partial charge in [0.2, 0.25) is 5.89 Å². The predicted octanol–water partition coefficient (Wildman–Crippen LogP) is 13.1. The Morgan fingerprint density at radius 2 is 1.18 bits per heavy atom. The first-order chi connectivity index (χ1) is 24.8. The molecule has 0 atom stereocenters. The van der Waals surface area contributed by atoms with Gasteiger partial charge in [-0.2, -0.15) is 0 Å². The molecule has 0 spiro atoms. The smallest absolute Gasteiger partial charge is 0.228 e. The van der Waals surface area contributed by atoms with Gasteiger partial charge in [-0.25, -0.2) is 4.98 Å². The first kappa shape index (κ1) is 27.1. The van der Waals surface area contributed by atoms with Crippen molar-refractivity contribution >= 4 is 93.6 Å². The number of oxazole rings is 1. The van der Waals surface area contributed by atoms with Crippen LogP contribution in [0.3, 0.4) is 0 Å². The van der Waals surface area contributed by atoms with Crippen LogP contribution in [-0.2, 0) is 0 Å². The summed E-state index contributed by atoms with van der Waals surface area (Å²) in [6, 6.07) is 54.3. The molecule has 50 heavy (non-hydrogen) atoms. The summed E-state index contributed by atoms with van der Waals surface area (Å²) in [5.74, 6) is 0.573. The summed E-state index contributed by atoms with van der Waals surface area (Å²) in [6.07, 6.45) is 0. The van der Waals surface area contributed by atoms with E-state index in [4.69, 9.17) is 18.2 Å². The lowest BCUT2D eigenvalue weighted by Crippen LogP contribution is -2.09.